The molecule has 1 fully saturated rings. The molecule has 0 amide bonds. The van der Waals surface area contributed by atoms with Gasteiger partial charge in [0.05, 0.1) is 0 Å². The molecule has 1 heterocycles. The molecule has 0 aliphatic heterocycles. The Labute approximate surface area is 100 Å². The van der Waals surface area contributed by atoms with E-state index in [0.29, 0.717) is 6.54 Å². The van der Waals surface area contributed by atoms with Crippen LogP contribution in [0.25, 0.3) is 0 Å². The summed E-state index contributed by atoms with van der Waals surface area (Å²) in [5.74, 6) is 0.892. The molecule has 1 aliphatic rings. The van der Waals surface area contributed by atoms with Crippen molar-refractivity contribution in [3.8, 4) is 0 Å². The normalized spacial score (nSPS) is 17.7. The molecule has 1 aromatic heterocycles. The Hall–Kier alpha value is -1.46. The first kappa shape index (κ1) is 12.0. The molecule has 1 atom stereocenters. The molecule has 1 saturated carbocycles. The second-order valence-corrected chi connectivity index (χ2v) is 4.98. The van der Waals surface area contributed by atoms with E-state index in [0.717, 1.165) is 18.2 Å². The number of hydrogen-bond acceptors (Lipinski definition) is 4. The van der Waals surface area contributed by atoms with Gasteiger partial charge in [0.1, 0.15) is 0 Å². The highest BCUT2D eigenvalue weighted by molar-refractivity contribution is 5.66. The summed E-state index contributed by atoms with van der Waals surface area (Å²) >= 11 is 0. The molecule has 1 N–H and O–H groups in total. The lowest BCUT2D eigenvalue weighted by molar-refractivity contribution is -0.138. The van der Waals surface area contributed by atoms with Gasteiger partial charge in [0.25, 0.3) is 0 Å². The molecule has 2 rings (SSSR count). The smallest absolute Gasteiger partial charge is 0.303 e. The van der Waals surface area contributed by atoms with E-state index in [-0.39, 0.29) is 12.3 Å². The Bertz CT molecular complexity index is 387. The SMILES string of the molecule is CC(CC(=O)O)Cn1nnnc1CC1CCC1. The third-order valence-corrected chi connectivity index (χ3v) is 3.31. The van der Waals surface area contributed by atoms with Gasteiger partial charge in [-0.25, -0.2) is 4.68 Å². The van der Waals surface area contributed by atoms with E-state index < -0.39 is 5.97 Å². The molecule has 0 aromatic carbocycles. The van der Waals surface area contributed by atoms with E-state index in [4.69, 9.17) is 5.11 Å². The molecular formula is C11H18N4O2. The maximum atomic E-state index is 10.6. The van der Waals surface area contributed by atoms with Crippen molar-refractivity contribution in [1.29, 1.82) is 0 Å². The topological polar surface area (TPSA) is 80.9 Å². The summed E-state index contributed by atoms with van der Waals surface area (Å²) in [6.45, 7) is 2.49. The van der Waals surface area contributed by atoms with E-state index in [2.05, 4.69) is 15.5 Å². The molecule has 1 aliphatic carbocycles. The summed E-state index contributed by atoms with van der Waals surface area (Å²) in [7, 11) is 0. The minimum Gasteiger partial charge on any atom is -0.481 e. The van der Waals surface area contributed by atoms with Gasteiger partial charge < -0.3 is 5.11 Å². The van der Waals surface area contributed by atoms with Crippen LogP contribution in [-0.4, -0.2) is 31.3 Å². The zero-order chi connectivity index (χ0) is 12.3. The van der Waals surface area contributed by atoms with Crippen LogP contribution in [0.4, 0.5) is 0 Å². The number of aromatic nitrogens is 4. The van der Waals surface area contributed by atoms with Crippen LogP contribution in [0.5, 0.6) is 0 Å². The molecule has 94 valence electrons. The maximum absolute atomic E-state index is 10.6. The molecule has 0 radical (unpaired) electrons. The number of rotatable bonds is 6. The van der Waals surface area contributed by atoms with Crippen LogP contribution in [0.3, 0.4) is 0 Å². The van der Waals surface area contributed by atoms with Crippen molar-refractivity contribution in [3.05, 3.63) is 5.82 Å². The summed E-state index contributed by atoms with van der Waals surface area (Å²) in [5.41, 5.74) is 0. The average Bonchev–Trinajstić information content (AvgIpc) is 2.57. The van der Waals surface area contributed by atoms with Gasteiger partial charge in [-0.05, 0) is 22.3 Å². The second kappa shape index (κ2) is 5.25. The molecule has 6 heteroatoms. The fraction of sp³-hybridized carbons (Fsp3) is 0.818. The minimum atomic E-state index is -0.772. The van der Waals surface area contributed by atoms with Crippen molar-refractivity contribution < 1.29 is 9.90 Å². The number of tetrazole rings is 1. The fourth-order valence-corrected chi connectivity index (χ4v) is 2.12. The lowest BCUT2D eigenvalue weighted by Crippen LogP contribution is -2.20. The average molecular weight is 238 g/mol. The number of carboxylic acids is 1. The van der Waals surface area contributed by atoms with Crippen LogP contribution in [0, 0.1) is 11.8 Å². The van der Waals surface area contributed by atoms with Gasteiger partial charge in [-0.15, -0.1) is 5.10 Å². The Kier molecular flexibility index (Phi) is 3.71. The first-order valence-electron chi connectivity index (χ1n) is 6.12. The van der Waals surface area contributed by atoms with Crippen LogP contribution in [-0.2, 0) is 17.8 Å². The number of aliphatic carboxylic acids is 1. The van der Waals surface area contributed by atoms with Crippen molar-refractivity contribution >= 4 is 5.97 Å². The number of carbonyl (C=O) groups is 1. The van der Waals surface area contributed by atoms with Crippen LogP contribution < -0.4 is 0 Å². The minimum absolute atomic E-state index is 0.0520. The molecule has 0 spiro atoms. The Morgan fingerprint density at radius 2 is 2.35 bits per heavy atom. The van der Waals surface area contributed by atoms with E-state index >= 15 is 0 Å². The van der Waals surface area contributed by atoms with Crippen LogP contribution in [0.2, 0.25) is 0 Å². The van der Waals surface area contributed by atoms with E-state index in [1.54, 1.807) is 4.68 Å². The van der Waals surface area contributed by atoms with Crippen LogP contribution in [0.15, 0.2) is 0 Å². The van der Waals surface area contributed by atoms with E-state index in [9.17, 15) is 4.79 Å². The lowest BCUT2D eigenvalue weighted by atomic mass is 9.83. The maximum Gasteiger partial charge on any atom is 0.303 e. The van der Waals surface area contributed by atoms with Gasteiger partial charge in [-0.2, -0.15) is 0 Å². The van der Waals surface area contributed by atoms with Crippen LogP contribution in [0.1, 0.15) is 38.4 Å². The summed E-state index contributed by atoms with van der Waals surface area (Å²) in [6, 6.07) is 0. The predicted octanol–water partition coefficient (Wildman–Crippen LogP) is 1.13. The summed E-state index contributed by atoms with van der Waals surface area (Å²) in [5, 5.41) is 20.4. The first-order chi connectivity index (χ1) is 8.15. The highest BCUT2D eigenvalue weighted by Crippen LogP contribution is 2.29. The van der Waals surface area contributed by atoms with E-state index in [1.807, 2.05) is 6.92 Å². The largest absolute Gasteiger partial charge is 0.481 e. The zero-order valence-corrected chi connectivity index (χ0v) is 10.0. The third-order valence-electron chi connectivity index (χ3n) is 3.31. The predicted molar refractivity (Wildman–Crippen MR) is 60.3 cm³/mol. The molecule has 1 unspecified atom stereocenters. The highest BCUT2D eigenvalue weighted by Gasteiger charge is 2.21. The fourth-order valence-electron chi connectivity index (χ4n) is 2.12. The molecular weight excluding hydrogens is 220 g/mol. The Balaban J connectivity index is 1.90. The quantitative estimate of drug-likeness (QED) is 0.803. The van der Waals surface area contributed by atoms with Gasteiger partial charge in [0.2, 0.25) is 0 Å². The van der Waals surface area contributed by atoms with Gasteiger partial charge in [-0.3, -0.25) is 4.79 Å². The lowest BCUT2D eigenvalue weighted by Gasteiger charge is -2.24. The molecule has 6 nitrogen and oxygen atoms in total. The van der Waals surface area contributed by atoms with Gasteiger partial charge in [0.15, 0.2) is 5.82 Å². The van der Waals surface area contributed by atoms with Crippen LogP contribution >= 0.6 is 0 Å². The monoisotopic (exact) mass is 238 g/mol. The standard InChI is InChI=1S/C11H18N4O2/c1-8(5-11(16)17)7-15-10(12-13-14-15)6-9-3-2-4-9/h8-9H,2-7H2,1H3,(H,16,17). The van der Waals surface area contributed by atoms with Crippen molar-refractivity contribution in [2.45, 2.75) is 45.6 Å². The third kappa shape index (κ3) is 3.25. The second-order valence-electron chi connectivity index (χ2n) is 4.98. The van der Waals surface area contributed by atoms with E-state index in [1.165, 1.54) is 19.3 Å². The molecule has 0 saturated heterocycles. The Morgan fingerprint density at radius 3 is 2.94 bits per heavy atom. The highest BCUT2D eigenvalue weighted by atomic mass is 16.4. The number of nitrogens with zero attached hydrogens (tertiary/aromatic N) is 4. The van der Waals surface area contributed by atoms with Crippen molar-refractivity contribution in [1.82, 2.24) is 20.2 Å². The first-order valence-corrected chi connectivity index (χ1v) is 6.12. The summed E-state index contributed by atoms with van der Waals surface area (Å²) in [4.78, 5) is 10.6. The summed E-state index contributed by atoms with van der Waals surface area (Å²) < 4.78 is 1.76. The Morgan fingerprint density at radius 1 is 1.59 bits per heavy atom. The summed E-state index contributed by atoms with van der Waals surface area (Å²) in [6.07, 6.45) is 4.91. The van der Waals surface area contributed by atoms with Crippen molar-refractivity contribution in [2.75, 3.05) is 0 Å². The number of carboxylic acid groups (broad SMARTS) is 1. The zero-order valence-electron chi connectivity index (χ0n) is 10.0. The van der Waals surface area contributed by atoms with Gasteiger partial charge in [-0.1, -0.05) is 26.2 Å². The van der Waals surface area contributed by atoms with Gasteiger partial charge >= 0.3 is 5.97 Å². The van der Waals surface area contributed by atoms with Crippen molar-refractivity contribution in [2.24, 2.45) is 11.8 Å². The molecule has 1 aromatic rings. The van der Waals surface area contributed by atoms with Crippen molar-refractivity contribution in [3.63, 3.8) is 0 Å². The van der Waals surface area contributed by atoms with Gasteiger partial charge in [0, 0.05) is 19.4 Å². The molecule has 0 bridgehead atoms. The molecule has 17 heavy (non-hydrogen) atoms. The number of hydrogen-bond donors (Lipinski definition) is 1.